The second-order valence-electron chi connectivity index (χ2n) is 8.56. The predicted octanol–water partition coefficient (Wildman–Crippen LogP) is 2.67. The summed E-state index contributed by atoms with van der Waals surface area (Å²) in [5, 5.41) is 13.1. The smallest absolute Gasteiger partial charge is 0.410 e. The monoisotopic (exact) mass is 324 g/mol. The molecule has 3 fully saturated rings. The maximum Gasteiger partial charge on any atom is 0.410 e. The van der Waals surface area contributed by atoms with Crippen molar-refractivity contribution in [3.63, 3.8) is 0 Å². The summed E-state index contributed by atoms with van der Waals surface area (Å²) in [5.74, 6) is 0.753. The molecule has 2 heterocycles. The lowest BCUT2D eigenvalue weighted by atomic mass is 9.95. The first-order valence-corrected chi connectivity index (χ1v) is 9.25. The molecular formula is C18H32N2O3. The van der Waals surface area contributed by atoms with Gasteiger partial charge in [-0.2, -0.15) is 0 Å². The van der Waals surface area contributed by atoms with E-state index < -0.39 is 5.60 Å². The lowest BCUT2D eigenvalue weighted by molar-refractivity contribution is 0.00404. The maximum atomic E-state index is 12.5. The van der Waals surface area contributed by atoms with Gasteiger partial charge in [0.05, 0.1) is 0 Å². The van der Waals surface area contributed by atoms with Crippen LogP contribution in [0.25, 0.3) is 0 Å². The number of carbonyl (C=O) groups is 1. The molecule has 1 aliphatic carbocycles. The Balaban J connectivity index is 1.57. The summed E-state index contributed by atoms with van der Waals surface area (Å²) in [5.41, 5.74) is -0.427. The number of carbonyl (C=O) groups excluding carboxylic acids is 1. The van der Waals surface area contributed by atoms with Gasteiger partial charge in [0.15, 0.2) is 0 Å². The van der Waals surface area contributed by atoms with Gasteiger partial charge in [0.25, 0.3) is 0 Å². The van der Waals surface area contributed by atoms with Crippen molar-refractivity contribution in [1.82, 2.24) is 10.2 Å². The lowest BCUT2D eigenvalue weighted by Crippen LogP contribution is -2.54. The number of aliphatic hydroxyl groups is 1. The van der Waals surface area contributed by atoms with E-state index in [9.17, 15) is 9.90 Å². The van der Waals surface area contributed by atoms with Crippen LogP contribution in [0.2, 0.25) is 0 Å². The number of ether oxygens (including phenoxy) is 1. The van der Waals surface area contributed by atoms with Gasteiger partial charge in [0.2, 0.25) is 0 Å². The van der Waals surface area contributed by atoms with Crippen molar-refractivity contribution < 1.29 is 14.6 Å². The van der Waals surface area contributed by atoms with Crippen molar-refractivity contribution in [2.24, 2.45) is 5.92 Å². The molecule has 0 spiro atoms. The molecule has 0 aromatic heterocycles. The third kappa shape index (κ3) is 4.18. The number of rotatable bonds is 5. The van der Waals surface area contributed by atoms with E-state index in [1.54, 1.807) is 0 Å². The van der Waals surface area contributed by atoms with Crippen LogP contribution in [-0.2, 0) is 4.74 Å². The molecule has 3 atom stereocenters. The van der Waals surface area contributed by atoms with Gasteiger partial charge >= 0.3 is 6.09 Å². The van der Waals surface area contributed by atoms with Crippen molar-refractivity contribution in [2.45, 2.75) is 95.5 Å². The molecule has 0 aromatic rings. The zero-order valence-electron chi connectivity index (χ0n) is 14.8. The van der Waals surface area contributed by atoms with E-state index in [0.717, 1.165) is 38.0 Å². The van der Waals surface area contributed by atoms with Gasteiger partial charge in [0, 0.05) is 30.8 Å². The summed E-state index contributed by atoms with van der Waals surface area (Å²) in [7, 11) is 0. The van der Waals surface area contributed by atoms with Crippen LogP contribution in [0.3, 0.4) is 0 Å². The summed E-state index contributed by atoms with van der Waals surface area (Å²) in [6, 6.07) is 1.56. The van der Waals surface area contributed by atoms with Crippen LogP contribution in [0.15, 0.2) is 0 Å². The lowest BCUT2D eigenvalue weighted by Gasteiger charge is -2.41. The number of piperidine rings is 1. The molecule has 1 saturated carbocycles. The predicted molar refractivity (Wildman–Crippen MR) is 89.3 cm³/mol. The fraction of sp³-hybridized carbons (Fsp3) is 0.944. The second-order valence-corrected chi connectivity index (χ2v) is 8.56. The van der Waals surface area contributed by atoms with Gasteiger partial charge in [0.1, 0.15) is 5.60 Å². The standard InChI is InChI=1S/C18H32N2O3/c1-18(2,3)23-17(22)20-14-6-7-15(20)11-13(10-14)19-16(8-9-21)12-4-5-12/h12-16,19,21H,4-11H2,1-3H3. The maximum absolute atomic E-state index is 12.5. The molecule has 2 aliphatic heterocycles. The highest BCUT2D eigenvalue weighted by Gasteiger charge is 2.45. The molecule has 5 nitrogen and oxygen atoms in total. The SMILES string of the molecule is CC(C)(C)OC(=O)N1C2CCC1CC(NC(CCO)C1CC1)C2. The van der Waals surface area contributed by atoms with Crippen LogP contribution < -0.4 is 5.32 Å². The average molecular weight is 324 g/mol. The Morgan fingerprint density at radius 2 is 1.83 bits per heavy atom. The summed E-state index contributed by atoms with van der Waals surface area (Å²) >= 11 is 0. The van der Waals surface area contributed by atoms with Gasteiger partial charge in [-0.1, -0.05) is 0 Å². The van der Waals surface area contributed by atoms with Crippen molar-refractivity contribution in [1.29, 1.82) is 0 Å². The van der Waals surface area contributed by atoms with E-state index in [1.807, 2.05) is 25.7 Å². The van der Waals surface area contributed by atoms with E-state index in [4.69, 9.17) is 4.74 Å². The van der Waals surface area contributed by atoms with Gasteiger partial charge in [-0.15, -0.1) is 0 Å². The van der Waals surface area contributed by atoms with Crippen molar-refractivity contribution in [3.05, 3.63) is 0 Å². The summed E-state index contributed by atoms with van der Waals surface area (Å²) in [6.07, 6.45) is 7.52. The quantitative estimate of drug-likeness (QED) is 0.816. The summed E-state index contributed by atoms with van der Waals surface area (Å²) in [4.78, 5) is 14.5. The van der Waals surface area contributed by atoms with Gasteiger partial charge in [-0.05, 0) is 71.6 Å². The molecule has 2 N–H and O–H groups in total. The average Bonchev–Trinajstić information content (AvgIpc) is 3.23. The van der Waals surface area contributed by atoms with E-state index in [2.05, 4.69) is 5.32 Å². The van der Waals surface area contributed by atoms with Crippen molar-refractivity contribution in [3.8, 4) is 0 Å². The molecule has 0 radical (unpaired) electrons. The van der Waals surface area contributed by atoms with Gasteiger partial charge in [-0.3, -0.25) is 0 Å². The second kappa shape index (κ2) is 6.60. The van der Waals surface area contributed by atoms with Crippen LogP contribution in [0, 0.1) is 5.92 Å². The minimum Gasteiger partial charge on any atom is -0.444 e. The van der Waals surface area contributed by atoms with Gasteiger partial charge < -0.3 is 20.1 Å². The Morgan fingerprint density at radius 1 is 1.22 bits per heavy atom. The third-order valence-electron chi connectivity index (χ3n) is 5.42. The zero-order valence-corrected chi connectivity index (χ0v) is 14.8. The molecule has 2 bridgehead atoms. The molecule has 23 heavy (non-hydrogen) atoms. The summed E-state index contributed by atoms with van der Waals surface area (Å²) < 4.78 is 5.59. The van der Waals surface area contributed by atoms with E-state index in [0.29, 0.717) is 24.2 Å². The summed E-state index contributed by atoms with van der Waals surface area (Å²) in [6.45, 7) is 6.04. The highest BCUT2D eigenvalue weighted by Crippen LogP contribution is 2.39. The van der Waals surface area contributed by atoms with Crippen LogP contribution in [0.1, 0.15) is 65.7 Å². The van der Waals surface area contributed by atoms with Crippen molar-refractivity contribution >= 4 is 6.09 Å². The molecule has 3 rings (SSSR count). The number of amides is 1. The number of aliphatic hydroxyl groups excluding tert-OH is 1. The zero-order chi connectivity index (χ0) is 16.6. The normalized spacial score (nSPS) is 32.0. The molecule has 1 amide bonds. The minimum atomic E-state index is -0.427. The van der Waals surface area contributed by atoms with Crippen LogP contribution in [0.5, 0.6) is 0 Å². The molecule has 5 heteroatoms. The van der Waals surface area contributed by atoms with E-state index >= 15 is 0 Å². The fourth-order valence-corrected chi connectivity index (χ4v) is 4.32. The Kier molecular flexibility index (Phi) is 4.88. The van der Waals surface area contributed by atoms with Crippen LogP contribution >= 0.6 is 0 Å². The number of nitrogens with zero attached hydrogens (tertiary/aromatic N) is 1. The topological polar surface area (TPSA) is 61.8 Å². The molecule has 3 unspecified atom stereocenters. The molecule has 0 aromatic carbocycles. The van der Waals surface area contributed by atoms with Crippen LogP contribution in [0.4, 0.5) is 4.79 Å². The number of nitrogens with one attached hydrogen (secondary N) is 1. The number of fused-ring (bicyclic) bond motifs is 2. The Bertz CT molecular complexity index is 416. The first-order valence-electron chi connectivity index (χ1n) is 9.25. The first kappa shape index (κ1) is 17.0. The minimum absolute atomic E-state index is 0.141. The Morgan fingerprint density at radius 3 is 2.30 bits per heavy atom. The largest absolute Gasteiger partial charge is 0.444 e. The Labute approximate surface area is 139 Å². The van der Waals surface area contributed by atoms with Crippen LogP contribution in [-0.4, -0.2) is 52.5 Å². The first-order chi connectivity index (χ1) is 10.9. The fourth-order valence-electron chi connectivity index (χ4n) is 4.32. The van der Waals surface area contributed by atoms with E-state index in [-0.39, 0.29) is 12.7 Å². The Hall–Kier alpha value is -0.810. The third-order valence-corrected chi connectivity index (χ3v) is 5.42. The highest BCUT2D eigenvalue weighted by molar-refractivity contribution is 5.69. The van der Waals surface area contributed by atoms with E-state index in [1.165, 1.54) is 12.8 Å². The molecule has 2 saturated heterocycles. The number of hydrogen-bond acceptors (Lipinski definition) is 4. The number of hydrogen-bond donors (Lipinski definition) is 2. The molecule has 3 aliphatic rings. The molecule has 132 valence electrons. The highest BCUT2D eigenvalue weighted by atomic mass is 16.6. The van der Waals surface area contributed by atoms with Gasteiger partial charge in [-0.25, -0.2) is 4.79 Å². The molecular weight excluding hydrogens is 292 g/mol. The van der Waals surface area contributed by atoms with Crippen molar-refractivity contribution in [2.75, 3.05) is 6.61 Å².